The summed E-state index contributed by atoms with van der Waals surface area (Å²) in [6.07, 6.45) is 2.56. The van der Waals surface area contributed by atoms with Crippen molar-refractivity contribution in [3.8, 4) is 0 Å². The Bertz CT molecular complexity index is 1200. The molecule has 0 unspecified atom stereocenters. The molecule has 1 amide bonds. The summed E-state index contributed by atoms with van der Waals surface area (Å²) in [5, 5.41) is 8.93. The Morgan fingerprint density at radius 2 is 1.70 bits per heavy atom. The maximum Gasteiger partial charge on any atom is 0.282 e. The SMILES string of the molecule is CCc1ccccc1N/C=C1\C(=O)N(c2ccc(S(=O)(=O)N3CCN(C)CC3)cc2)N=C1C. The van der Waals surface area contributed by atoms with E-state index in [4.69, 9.17) is 0 Å². The smallest absolute Gasteiger partial charge is 0.282 e. The maximum atomic E-state index is 13.0. The lowest BCUT2D eigenvalue weighted by molar-refractivity contribution is -0.114. The van der Waals surface area contributed by atoms with Gasteiger partial charge in [0, 0.05) is 38.1 Å². The van der Waals surface area contributed by atoms with Crippen molar-refractivity contribution in [1.82, 2.24) is 9.21 Å². The first-order chi connectivity index (χ1) is 15.8. The van der Waals surface area contributed by atoms with Gasteiger partial charge in [-0.3, -0.25) is 4.79 Å². The van der Waals surface area contributed by atoms with Gasteiger partial charge in [0.15, 0.2) is 0 Å². The molecule has 174 valence electrons. The normalized spacial score (nSPS) is 19.2. The summed E-state index contributed by atoms with van der Waals surface area (Å²) in [5.74, 6) is -0.261. The standard InChI is InChI=1S/C24H29N5O3S/c1-4-19-7-5-6-8-23(19)25-17-22-18(2)26-29(24(22)30)20-9-11-21(12-10-20)33(31,32)28-15-13-27(3)14-16-28/h5-12,17,25H,4,13-16H2,1-3H3/b22-17-. The number of carbonyl (C=O) groups excluding carboxylic acids is 1. The number of rotatable bonds is 6. The number of hydrazone groups is 1. The highest BCUT2D eigenvalue weighted by Crippen LogP contribution is 2.27. The molecule has 1 N–H and O–H groups in total. The van der Waals surface area contributed by atoms with Gasteiger partial charge < -0.3 is 10.2 Å². The number of hydrogen-bond acceptors (Lipinski definition) is 6. The topological polar surface area (TPSA) is 85.3 Å². The van der Waals surface area contributed by atoms with Crippen molar-refractivity contribution in [1.29, 1.82) is 0 Å². The number of amides is 1. The fourth-order valence-corrected chi connectivity index (χ4v) is 5.34. The van der Waals surface area contributed by atoms with Gasteiger partial charge in [-0.1, -0.05) is 25.1 Å². The van der Waals surface area contributed by atoms with Crippen LogP contribution < -0.4 is 10.3 Å². The average molecular weight is 468 g/mol. The van der Waals surface area contributed by atoms with Crippen LogP contribution >= 0.6 is 0 Å². The Morgan fingerprint density at radius 1 is 1.03 bits per heavy atom. The summed E-state index contributed by atoms with van der Waals surface area (Å²) in [7, 11) is -1.58. The molecule has 2 aliphatic heterocycles. The Balaban J connectivity index is 1.50. The predicted octanol–water partition coefficient (Wildman–Crippen LogP) is 2.90. The number of hydrogen-bond donors (Lipinski definition) is 1. The molecule has 2 heterocycles. The van der Waals surface area contributed by atoms with Gasteiger partial charge >= 0.3 is 0 Å². The largest absolute Gasteiger partial charge is 0.361 e. The van der Waals surface area contributed by atoms with E-state index in [1.54, 1.807) is 37.4 Å². The maximum absolute atomic E-state index is 13.0. The lowest BCUT2D eigenvalue weighted by Crippen LogP contribution is -2.47. The molecule has 8 nitrogen and oxygen atoms in total. The van der Waals surface area contributed by atoms with E-state index < -0.39 is 10.0 Å². The number of para-hydroxylation sites is 1. The number of nitrogens with zero attached hydrogens (tertiary/aromatic N) is 4. The molecule has 9 heteroatoms. The molecule has 0 spiro atoms. The van der Waals surface area contributed by atoms with Crippen LogP contribution in [0.15, 0.2) is 70.3 Å². The molecule has 0 radical (unpaired) electrons. The zero-order valence-electron chi connectivity index (χ0n) is 19.2. The van der Waals surface area contributed by atoms with Gasteiger partial charge in [0.05, 0.1) is 21.9 Å². The molecule has 0 bridgehead atoms. The second kappa shape index (κ2) is 9.46. The molecule has 1 fully saturated rings. The third-order valence-electron chi connectivity index (χ3n) is 6.01. The van der Waals surface area contributed by atoms with E-state index >= 15 is 0 Å². The van der Waals surface area contributed by atoms with Gasteiger partial charge in [-0.25, -0.2) is 8.42 Å². The van der Waals surface area contributed by atoms with Crippen molar-refractivity contribution in [2.24, 2.45) is 5.10 Å². The number of nitrogens with one attached hydrogen (secondary N) is 1. The number of sulfonamides is 1. The van der Waals surface area contributed by atoms with E-state index in [2.05, 4.69) is 22.2 Å². The number of piperazine rings is 1. The summed E-state index contributed by atoms with van der Waals surface area (Å²) < 4.78 is 27.4. The zero-order valence-corrected chi connectivity index (χ0v) is 20.0. The van der Waals surface area contributed by atoms with Gasteiger partial charge in [0.1, 0.15) is 0 Å². The fraction of sp³-hybridized carbons (Fsp3) is 0.333. The highest BCUT2D eigenvalue weighted by Gasteiger charge is 2.30. The van der Waals surface area contributed by atoms with Gasteiger partial charge in [-0.05, 0) is 56.3 Å². The molecule has 0 aromatic heterocycles. The molecule has 0 aliphatic carbocycles. The monoisotopic (exact) mass is 467 g/mol. The summed E-state index contributed by atoms with van der Waals surface area (Å²) in [6, 6.07) is 14.3. The van der Waals surface area contributed by atoms with Crippen LogP contribution in [0.1, 0.15) is 19.4 Å². The highest BCUT2D eigenvalue weighted by molar-refractivity contribution is 7.89. The minimum atomic E-state index is -3.56. The molecule has 4 rings (SSSR count). The van der Waals surface area contributed by atoms with Crippen molar-refractivity contribution in [3.05, 3.63) is 65.9 Å². The third kappa shape index (κ3) is 4.71. The fourth-order valence-electron chi connectivity index (χ4n) is 3.92. The molecule has 0 atom stereocenters. The molecule has 2 aliphatic rings. The van der Waals surface area contributed by atoms with Crippen LogP contribution in [0.4, 0.5) is 11.4 Å². The van der Waals surface area contributed by atoms with Crippen molar-refractivity contribution < 1.29 is 13.2 Å². The lowest BCUT2D eigenvalue weighted by Gasteiger charge is -2.31. The highest BCUT2D eigenvalue weighted by atomic mass is 32.2. The Labute approximate surface area is 195 Å². The summed E-state index contributed by atoms with van der Waals surface area (Å²) >= 11 is 0. The van der Waals surface area contributed by atoms with E-state index in [-0.39, 0.29) is 10.8 Å². The van der Waals surface area contributed by atoms with Crippen LogP contribution in [0.25, 0.3) is 0 Å². The molecule has 2 aromatic carbocycles. The molecule has 2 aromatic rings. The van der Waals surface area contributed by atoms with Crippen molar-refractivity contribution in [2.75, 3.05) is 43.6 Å². The Hall–Kier alpha value is -3.01. The molecular formula is C24H29N5O3S. The first kappa shape index (κ1) is 23.2. The van der Waals surface area contributed by atoms with E-state index in [1.807, 2.05) is 31.3 Å². The van der Waals surface area contributed by atoms with Gasteiger partial charge in [-0.2, -0.15) is 14.4 Å². The predicted molar refractivity (Wildman–Crippen MR) is 131 cm³/mol. The van der Waals surface area contributed by atoms with Crippen LogP contribution in [0.3, 0.4) is 0 Å². The Morgan fingerprint density at radius 3 is 2.36 bits per heavy atom. The van der Waals surface area contributed by atoms with Crippen LogP contribution in [0.5, 0.6) is 0 Å². The van der Waals surface area contributed by atoms with E-state index in [0.717, 1.165) is 17.7 Å². The summed E-state index contributed by atoms with van der Waals surface area (Å²) in [4.78, 5) is 15.3. The average Bonchev–Trinajstić information content (AvgIpc) is 3.11. The van der Waals surface area contributed by atoms with Crippen molar-refractivity contribution >= 4 is 33.0 Å². The number of aryl methyl sites for hydroxylation is 1. The third-order valence-corrected chi connectivity index (χ3v) is 7.93. The van der Waals surface area contributed by atoms with E-state index in [9.17, 15) is 13.2 Å². The number of anilines is 2. The quantitative estimate of drug-likeness (QED) is 0.661. The van der Waals surface area contributed by atoms with Gasteiger partial charge in [0.25, 0.3) is 5.91 Å². The Kier molecular flexibility index (Phi) is 6.64. The second-order valence-corrected chi connectivity index (χ2v) is 10.2. The number of carbonyl (C=O) groups is 1. The van der Waals surface area contributed by atoms with Crippen LogP contribution in [-0.4, -0.2) is 62.5 Å². The lowest BCUT2D eigenvalue weighted by atomic mass is 10.1. The molecule has 33 heavy (non-hydrogen) atoms. The molecule has 1 saturated heterocycles. The van der Waals surface area contributed by atoms with Crippen LogP contribution in [0, 0.1) is 0 Å². The minimum Gasteiger partial charge on any atom is -0.361 e. The van der Waals surface area contributed by atoms with Gasteiger partial charge in [0.2, 0.25) is 10.0 Å². The number of benzene rings is 2. The molecule has 0 saturated carbocycles. The van der Waals surface area contributed by atoms with E-state index in [1.165, 1.54) is 9.31 Å². The van der Waals surface area contributed by atoms with Crippen molar-refractivity contribution in [3.63, 3.8) is 0 Å². The minimum absolute atomic E-state index is 0.219. The zero-order chi connectivity index (χ0) is 23.6. The van der Waals surface area contributed by atoms with Crippen molar-refractivity contribution in [2.45, 2.75) is 25.2 Å². The molecular weight excluding hydrogens is 438 g/mol. The summed E-state index contributed by atoms with van der Waals surface area (Å²) in [5.41, 5.74) is 3.69. The van der Waals surface area contributed by atoms with Crippen LogP contribution in [-0.2, 0) is 21.2 Å². The number of likely N-dealkylation sites (N-methyl/N-ethyl adjacent to an activating group) is 1. The first-order valence-electron chi connectivity index (χ1n) is 11.0. The van der Waals surface area contributed by atoms with E-state index in [0.29, 0.717) is 43.2 Å². The summed E-state index contributed by atoms with van der Waals surface area (Å²) in [6.45, 7) is 6.21. The first-order valence-corrected chi connectivity index (χ1v) is 12.5. The van der Waals surface area contributed by atoms with Gasteiger partial charge in [-0.15, -0.1) is 0 Å². The second-order valence-electron chi connectivity index (χ2n) is 8.22. The van der Waals surface area contributed by atoms with Crippen LogP contribution in [0.2, 0.25) is 0 Å².